The van der Waals surface area contributed by atoms with Crippen molar-refractivity contribution in [1.29, 1.82) is 0 Å². The number of fused-ring (bicyclic) bond motifs is 1. The number of aryl methyl sites for hydroxylation is 1. The van der Waals surface area contributed by atoms with Crippen molar-refractivity contribution >= 4 is 28.3 Å². The Kier molecular flexibility index (Phi) is 5.93. The largest absolute Gasteiger partial charge is 0.455 e. The van der Waals surface area contributed by atoms with Crippen LogP contribution in [0.1, 0.15) is 29.7 Å². The van der Waals surface area contributed by atoms with E-state index in [0.29, 0.717) is 27.8 Å². The first-order chi connectivity index (χ1) is 17.2. The highest BCUT2D eigenvalue weighted by Crippen LogP contribution is 2.34. The monoisotopic (exact) mass is 506 g/mol. The van der Waals surface area contributed by atoms with Crippen LogP contribution in [0.25, 0.3) is 33.8 Å². The smallest absolute Gasteiger partial charge is 0.439 e. The Morgan fingerprint density at radius 2 is 1.89 bits per heavy atom. The quantitative estimate of drug-likeness (QED) is 0.290. The predicted octanol–water partition coefficient (Wildman–Crippen LogP) is 5.78. The third-order valence-electron chi connectivity index (χ3n) is 5.87. The molecule has 0 bridgehead atoms. The second kappa shape index (κ2) is 9.09. The maximum absolute atomic E-state index is 14.6. The number of nitrogens with zero attached hydrogens (tertiary/aromatic N) is 2. The number of benzene rings is 2. The number of aromatic amines is 1. The molecule has 0 aliphatic carbocycles. The second-order valence-electron chi connectivity index (χ2n) is 8.44. The van der Waals surface area contributed by atoms with Crippen LogP contribution < -0.4 is 16.5 Å². The van der Waals surface area contributed by atoms with Crippen LogP contribution in [0.4, 0.5) is 10.1 Å². The fraction of sp³-hybridized carbons (Fsp3) is 0.154. The Bertz CT molecular complexity index is 1740. The van der Waals surface area contributed by atoms with Gasteiger partial charge in [0.25, 0.3) is 0 Å². The van der Waals surface area contributed by atoms with E-state index in [0.717, 1.165) is 5.56 Å². The molecule has 0 radical (unpaired) electrons. The highest BCUT2D eigenvalue weighted by atomic mass is 35.5. The maximum Gasteiger partial charge on any atom is 0.439 e. The van der Waals surface area contributed by atoms with Crippen molar-refractivity contribution in [3.05, 3.63) is 97.0 Å². The first-order valence-corrected chi connectivity index (χ1v) is 11.4. The van der Waals surface area contributed by atoms with E-state index in [-0.39, 0.29) is 33.4 Å². The molecule has 2 N–H and O–H groups in total. The fourth-order valence-corrected chi connectivity index (χ4v) is 4.31. The number of aromatic nitrogens is 3. The first kappa shape index (κ1) is 23.5. The number of hydrogen-bond donors (Lipinski definition) is 2. The lowest BCUT2D eigenvalue weighted by atomic mass is 9.98. The number of nitrogens with one attached hydrogen (secondary N) is 2. The Morgan fingerprint density at radius 3 is 2.61 bits per heavy atom. The van der Waals surface area contributed by atoms with Gasteiger partial charge in [0.05, 0.1) is 22.7 Å². The number of pyridine rings is 1. The van der Waals surface area contributed by atoms with E-state index in [1.807, 2.05) is 19.9 Å². The summed E-state index contributed by atoms with van der Waals surface area (Å²) in [6.07, 6.45) is 0. The molecule has 10 heteroatoms. The van der Waals surface area contributed by atoms with Crippen LogP contribution in [-0.4, -0.2) is 15.1 Å². The second-order valence-corrected chi connectivity index (χ2v) is 8.82. The molecule has 1 atom stereocenters. The molecule has 0 saturated carbocycles. The molecular weight excluding hydrogens is 487 g/mol. The summed E-state index contributed by atoms with van der Waals surface area (Å²) in [6, 6.07) is 12.7. The Balaban J connectivity index is 1.66. The Labute approximate surface area is 208 Å². The zero-order valence-corrected chi connectivity index (χ0v) is 20.2. The highest BCUT2D eigenvalue weighted by molar-refractivity contribution is 6.29. The molecule has 8 nitrogen and oxygen atoms in total. The standard InChI is InChI=1S/C26H20ClFN4O4/c1-12-10-16(14(3)29-19-8-9-20(27)30-21(19)25-31-26(34)36-32-25)24-17(11-12)22(33)13(2)23(35-24)15-6-4-5-7-18(15)28/h4-11,14,29H,1-3H3,(H,31,32,34)/t14-/m1/s1. The van der Waals surface area contributed by atoms with Crippen molar-refractivity contribution in [2.45, 2.75) is 26.8 Å². The first-order valence-electron chi connectivity index (χ1n) is 11.0. The van der Waals surface area contributed by atoms with Gasteiger partial charge in [-0.05, 0) is 56.7 Å². The number of hydrogen-bond acceptors (Lipinski definition) is 7. The van der Waals surface area contributed by atoms with Gasteiger partial charge in [0.1, 0.15) is 28.0 Å². The molecule has 3 heterocycles. The van der Waals surface area contributed by atoms with Gasteiger partial charge in [-0.15, -0.1) is 0 Å². The molecule has 0 spiro atoms. The molecule has 5 rings (SSSR count). The molecule has 182 valence electrons. The van der Waals surface area contributed by atoms with Gasteiger partial charge in [-0.25, -0.2) is 14.2 Å². The van der Waals surface area contributed by atoms with Crippen LogP contribution in [0.15, 0.2) is 67.1 Å². The summed E-state index contributed by atoms with van der Waals surface area (Å²) >= 11 is 6.08. The number of H-pyrrole nitrogens is 1. The van der Waals surface area contributed by atoms with E-state index in [1.165, 1.54) is 6.07 Å². The van der Waals surface area contributed by atoms with E-state index in [2.05, 4.69) is 25.0 Å². The molecule has 0 unspecified atom stereocenters. The minimum Gasteiger partial charge on any atom is -0.455 e. The van der Waals surface area contributed by atoms with Crippen molar-refractivity contribution in [2.24, 2.45) is 0 Å². The lowest BCUT2D eigenvalue weighted by molar-refractivity contribution is 0.388. The van der Waals surface area contributed by atoms with Crippen LogP contribution in [0.5, 0.6) is 0 Å². The highest BCUT2D eigenvalue weighted by Gasteiger charge is 2.22. The minimum absolute atomic E-state index is 0.107. The summed E-state index contributed by atoms with van der Waals surface area (Å²) in [6.45, 7) is 5.38. The average Bonchev–Trinajstić information content (AvgIpc) is 3.29. The van der Waals surface area contributed by atoms with E-state index in [1.54, 1.807) is 43.3 Å². The molecule has 3 aromatic heterocycles. The molecule has 36 heavy (non-hydrogen) atoms. The zero-order valence-electron chi connectivity index (χ0n) is 19.5. The Hall–Kier alpha value is -4.24. The van der Waals surface area contributed by atoms with Gasteiger partial charge in [0.2, 0.25) is 5.82 Å². The number of anilines is 1. The summed E-state index contributed by atoms with van der Waals surface area (Å²) in [5.41, 5.74) is 2.95. The number of rotatable bonds is 5. The SMILES string of the molecule is Cc1cc([C@@H](C)Nc2ccc(Cl)nc2-c2noc(=O)[nH]2)c2oc(-c3ccccc3F)c(C)c(=O)c2c1. The summed E-state index contributed by atoms with van der Waals surface area (Å²) in [5.74, 6) is -0.929. The van der Waals surface area contributed by atoms with Crippen molar-refractivity contribution < 1.29 is 13.3 Å². The summed E-state index contributed by atoms with van der Waals surface area (Å²) in [4.78, 5) is 31.5. The van der Waals surface area contributed by atoms with E-state index >= 15 is 0 Å². The molecule has 0 saturated heterocycles. The van der Waals surface area contributed by atoms with Gasteiger partial charge in [-0.2, -0.15) is 0 Å². The van der Waals surface area contributed by atoms with Crippen molar-refractivity contribution in [2.75, 3.05) is 5.32 Å². The predicted molar refractivity (Wildman–Crippen MR) is 135 cm³/mol. The van der Waals surface area contributed by atoms with Gasteiger partial charge in [0, 0.05) is 11.1 Å². The van der Waals surface area contributed by atoms with E-state index in [4.69, 9.17) is 16.0 Å². The van der Waals surface area contributed by atoms with Gasteiger partial charge < -0.3 is 9.73 Å². The molecule has 0 amide bonds. The third kappa shape index (κ3) is 4.18. The maximum atomic E-state index is 14.6. The van der Waals surface area contributed by atoms with E-state index in [9.17, 15) is 14.0 Å². The lowest BCUT2D eigenvalue weighted by Crippen LogP contribution is -2.13. The van der Waals surface area contributed by atoms with Crippen LogP contribution in [0.3, 0.4) is 0 Å². The van der Waals surface area contributed by atoms with Crippen molar-refractivity contribution in [3.63, 3.8) is 0 Å². The average molecular weight is 507 g/mol. The molecule has 0 aliphatic heterocycles. The molecule has 5 aromatic rings. The summed E-state index contributed by atoms with van der Waals surface area (Å²) in [7, 11) is 0. The third-order valence-corrected chi connectivity index (χ3v) is 6.09. The van der Waals surface area contributed by atoms with Crippen LogP contribution in [0.2, 0.25) is 5.15 Å². The van der Waals surface area contributed by atoms with Crippen molar-refractivity contribution in [1.82, 2.24) is 15.1 Å². The topological polar surface area (TPSA) is 114 Å². The fourth-order valence-electron chi connectivity index (χ4n) is 4.17. The Morgan fingerprint density at radius 1 is 1.11 bits per heavy atom. The molecule has 0 aliphatic rings. The molecular formula is C26H20ClFN4O4. The van der Waals surface area contributed by atoms with Crippen molar-refractivity contribution in [3.8, 4) is 22.8 Å². The minimum atomic E-state index is -0.728. The van der Waals surface area contributed by atoms with Gasteiger partial charge in [-0.1, -0.05) is 35.0 Å². The van der Waals surface area contributed by atoms with Gasteiger partial charge in [-0.3, -0.25) is 14.3 Å². The number of halogens is 2. The molecule has 0 fully saturated rings. The zero-order chi connectivity index (χ0) is 25.6. The van der Waals surface area contributed by atoms with Gasteiger partial charge in [0.15, 0.2) is 5.43 Å². The summed E-state index contributed by atoms with van der Waals surface area (Å²) in [5, 5.41) is 7.63. The summed E-state index contributed by atoms with van der Waals surface area (Å²) < 4.78 is 25.5. The lowest BCUT2D eigenvalue weighted by Gasteiger charge is -2.20. The van der Waals surface area contributed by atoms with E-state index < -0.39 is 17.6 Å². The van der Waals surface area contributed by atoms with Crippen LogP contribution in [-0.2, 0) is 0 Å². The van der Waals surface area contributed by atoms with Gasteiger partial charge >= 0.3 is 5.76 Å². The molecule has 2 aromatic carbocycles. The van der Waals surface area contributed by atoms with Crippen LogP contribution in [0, 0.1) is 19.7 Å². The normalized spacial score (nSPS) is 12.1. The van der Waals surface area contributed by atoms with Crippen LogP contribution >= 0.6 is 11.6 Å².